The summed E-state index contributed by atoms with van der Waals surface area (Å²) in [5, 5.41) is 6.66. The molecule has 1 aromatic rings. The highest BCUT2D eigenvalue weighted by molar-refractivity contribution is 5.62. The number of hydrogen-bond donors (Lipinski definition) is 2. The molecular formula is C9H18N4. The third-order valence-corrected chi connectivity index (χ3v) is 2.04. The summed E-state index contributed by atoms with van der Waals surface area (Å²) >= 11 is 0. The van der Waals surface area contributed by atoms with Crippen LogP contribution in [0.5, 0.6) is 0 Å². The van der Waals surface area contributed by atoms with Gasteiger partial charge in [0.2, 0.25) is 0 Å². The standard InChI is InChI=1S/C9H18N4/c1-6(2)13(7(3)4)8-5-11-12-9(8)10/h5-7H,1-4H3,(H3,10,11,12). The van der Waals surface area contributed by atoms with Crippen LogP contribution in [0.1, 0.15) is 27.7 Å². The van der Waals surface area contributed by atoms with E-state index < -0.39 is 0 Å². The largest absolute Gasteiger partial charge is 0.382 e. The van der Waals surface area contributed by atoms with E-state index in [1.54, 1.807) is 6.20 Å². The second-order valence-corrected chi connectivity index (χ2v) is 3.76. The highest BCUT2D eigenvalue weighted by Crippen LogP contribution is 2.24. The van der Waals surface area contributed by atoms with Crippen LogP contribution in [-0.4, -0.2) is 22.3 Å². The van der Waals surface area contributed by atoms with Crippen molar-refractivity contribution in [2.24, 2.45) is 0 Å². The Morgan fingerprint density at radius 2 is 1.85 bits per heavy atom. The summed E-state index contributed by atoms with van der Waals surface area (Å²) in [5.74, 6) is 0.641. The van der Waals surface area contributed by atoms with Crippen LogP contribution in [0.25, 0.3) is 0 Å². The number of nitrogen functional groups attached to an aromatic ring is 1. The van der Waals surface area contributed by atoms with E-state index in [4.69, 9.17) is 5.73 Å². The molecule has 0 saturated heterocycles. The molecule has 13 heavy (non-hydrogen) atoms. The van der Waals surface area contributed by atoms with Gasteiger partial charge in [-0.15, -0.1) is 0 Å². The van der Waals surface area contributed by atoms with E-state index >= 15 is 0 Å². The third-order valence-electron chi connectivity index (χ3n) is 2.04. The molecule has 0 radical (unpaired) electrons. The van der Waals surface area contributed by atoms with Crippen LogP contribution >= 0.6 is 0 Å². The Balaban J connectivity index is 2.95. The van der Waals surface area contributed by atoms with E-state index in [0.717, 1.165) is 5.69 Å². The fraction of sp³-hybridized carbons (Fsp3) is 0.667. The Morgan fingerprint density at radius 3 is 2.15 bits per heavy atom. The number of hydrogen-bond acceptors (Lipinski definition) is 3. The summed E-state index contributed by atoms with van der Waals surface area (Å²) in [6.45, 7) is 8.58. The monoisotopic (exact) mass is 182 g/mol. The second kappa shape index (κ2) is 3.68. The van der Waals surface area contributed by atoms with Crippen LogP contribution in [0.3, 0.4) is 0 Å². The minimum absolute atomic E-state index is 0.430. The number of aromatic nitrogens is 2. The van der Waals surface area contributed by atoms with Gasteiger partial charge in [-0.3, -0.25) is 5.10 Å². The van der Waals surface area contributed by atoms with Gasteiger partial charge in [-0.05, 0) is 27.7 Å². The zero-order valence-corrected chi connectivity index (χ0v) is 8.70. The average molecular weight is 182 g/mol. The molecule has 1 aromatic heterocycles. The van der Waals surface area contributed by atoms with Crippen molar-refractivity contribution in [2.75, 3.05) is 10.6 Å². The van der Waals surface area contributed by atoms with Crippen LogP contribution in [0.4, 0.5) is 11.5 Å². The highest BCUT2D eigenvalue weighted by Gasteiger charge is 2.17. The number of H-pyrrole nitrogens is 1. The van der Waals surface area contributed by atoms with Crippen molar-refractivity contribution in [3.05, 3.63) is 6.20 Å². The van der Waals surface area contributed by atoms with Gasteiger partial charge in [-0.1, -0.05) is 0 Å². The molecule has 4 nitrogen and oxygen atoms in total. The van der Waals surface area contributed by atoms with E-state index in [9.17, 15) is 0 Å². The Labute approximate surface area is 79.1 Å². The van der Waals surface area contributed by atoms with Crippen molar-refractivity contribution < 1.29 is 0 Å². The Morgan fingerprint density at radius 1 is 1.31 bits per heavy atom. The molecule has 0 aliphatic rings. The first-order chi connectivity index (χ1) is 6.04. The minimum atomic E-state index is 0.430. The molecule has 0 aliphatic carbocycles. The maximum atomic E-state index is 5.76. The van der Waals surface area contributed by atoms with Crippen LogP contribution in [0, 0.1) is 0 Å². The summed E-state index contributed by atoms with van der Waals surface area (Å²) in [5.41, 5.74) is 6.75. The van der Waals surface area contributed by atoms with Gasteiger partial charge in [-0.25, -0.2) is 0 Å². The van der Waals surface area contributed by atoms with Gasteiger partial charge >= 0.3 is 0 Å². The zero-order valence-electron chi connectivity index (χ0n) is 8.70. The van der Waals surface area contributed by atoms with Crippen LogP contribution < -0.4 is 10.6 Å². The lowest BCUT2D eigenvalue weighted by molar-refractivity contribution is 0.609. The maximum Gasteiger partial charge on any atom is 0.142 e. The van der Waals surface area contributed by atoms with Crippen molar-refractivity contribution in [2.45, 2.75) is 39.8 Å². The van der Waals surface area contributed by atoms with E-state index in [-0.39, 0.29) is 0 Å². The molecule has 0 atom stereocenters. The fourth-order valence-electron chi connectivity index (χ4n) is 1.65. The molecular weight excluding hydrogens is 164 g/mol. The molecule has 4 heteroatoms. The first kappa shape index (κ1) is 9.89. The molecule has 74 valence electrons. The summed E-state index contributed by atoms with van der Waals surface area (Å²) in [6, 6.07) is 0.861. The van der Waals surface area contributed by atoms with Gasteiger partial charge in [-0.2, -0.15) is 5.10 Å². The zero-order chi connectivity index (χ0) is 10.0. The van der Waals surface area contributed by atoms with E-state index in [1.807, 2.05) is 0 Å². The predicted octanol–water partition coefficient (Wildman–Crippen LogP) is 1.62. The lowest BCUT2D eigenvalue weighted by atomic mass is 10.2. The van der Waals surface area contributed by atoms with Crippen molar-refractivity contribution in [1.82, 2.24) is 10.2 Å². The van der Waals surface area contributed by atoms with Gasteiger partial charge in [0, 0.05) is 12.1 Å². The summed E-state index contributed by atoms with van der Waals surface area (Å²) in [4.78, 5) is 2.23. The molecule has 0 bridgehead atoms. The number of nitrogens with zero attached hydrogens (tertiary/aromatic N) is 2. The van der Waals surface area contributed by atoms with Gasteiger partial charge in [0.1, 0.15) is 5.82 Å². The van der Waals surface area contributed by atoms with Gasteiger partial charge in [0.05, 0.1) is 11.9 Å². The van der Waals surface area contributed by atoms with Crippen LogP contribution in [-0.2, 0) is 0 Å². The quantitative estimate of drug-likeness (QED) is 0.746. The third kappa shape index (κ3) is 1.94. The molecule has 0 fully saturated rings. The molecule has 0 aliphatic heterocycles. The molecule has 0 saturated carbocycles. The minimum Gasteiger partial charge on any atom is -0.382 e. The molecule has 1 heterocycles. The number of rotatable bonds is 3. The molecule has 0 amide bonds. The van der Waals surface area contributed by atoms with Crippen LogP contribution in [0.15, 0.2) is 6.20 Å². The van der Waals surface area contributed by atoms with Crippen molar-refractivity contribution >= 4 is 11.5 Å². The number of nitrogens with one attached hydrogen (secondary N) is 1. The second-order valence-electron chi connectivity index (χ2n) is 3.76. The number of anilines is 2. The van der Waals surface area contributed by atoms with Crippen molar-refractivity contribution in [3.63, 3.8) is 0 Å². The molecule has 0 spiro atoms. The lowest BCUT2D eigenvalue weighted by Gasteiger charge is -2.31. The number of nitrogens with two attached hydrogens (primary N) is 1. The first-order valence-electron chi connectivity index (χ1n) is 4.61. The topological polar surface area (TPSA) is 57.9 Å². The Hall–Kier alpha value is -1.19. The van der Waals surface area contributed by atoms with E-state index in [2.05, 4.69) is 42.8 Å². The predicted molar refractivity (Wildman–Crippen MR) is 55.8 cm³/mol. The van der Waals surface area contributed by atoms with Gasteiger partial charge < -0.3 is 10.6 Å². The summed E-state index contributed by atoms with van der Waals surface area (Å²) < 4.78 is 0. The van der Waals surface area contributed by atoms with Crippen molar-refractivity contribution in [3.8, 4) is 0 Å². The smallest absolute Gasteiger partial charge is 0.142 e. The summed E-state index contributed by atoms with van der Waals surface area (Å²) in [6.07, 6.45) is 1.77. The normalized spacial score (nSPS) is 11.2. The van der Waals surface area contributed by atoms with Crippen LogP contribution in [0.2, 0.25) is 0 Å². The molecule has 3 N–H and O–H groups in total. The Kier molecular flexibility index (Phi) is 2.80. The first-order valence-corrected chi connectivity index (χ1v) is 4.61. The maximum absolute atomic E-state index is 5.76. The Bertz CT molecular complexity index is 256. The number of aromatic amines is 1. The average Bonchev–Trinajstić information content (AvgIpc) is 2.35. The highest BCUT2D eigenvalue weighted by atomic mass is 15.3. The summed E-state index contributed by atoms with van der Waals surface area (Å²) in [7, 11) is 0. The molecule has 1 rings (SSSR count). The van der Waals surface area contributed by atoms with Gasteiger partial charge in [0.15, 0.2) is 0 Å². The fourth-order valence-corrected chi connectivity index (χ4v) is 1.65. The van der Waals surface area contributed by atoms with E-state index in [1.165, 1.54) is 0 Å². The lowest BCUT2D eigenvalue weighted by Crippen LogP contribution is -2.37. The molecule has 0 aromatic carbocycles. The molecule has 0 unspecified atom stereocenters. The van der Waals surface area contributed by atoms with Crippen molar-refractivity contribution in [1.29, 1.82) is 0 Å². The SMILES string of the molecule is CC(C)N(c1cn[nH]c1N)C(C)C. The van der Waals surface area contributed by atoms with E-state index in [0.29, 0.717) is 17.9 Å². The van der Waals surface area contributed by atoms with Gasteiger partial charge in [0.25, 0.3) is 0 Å².